The average molecular weight is 320 g/mol. The van der Waals surface area contributed by atoms with E-state index >= 15 is 0 Å². The Morgan fingerprint density at radius 2 is 1.33 bits per heavy atom. The molecule has 0 saturated heterocycles. The van der Waals surface area contributed by atoms with Gasteiger partial charge in [-0.25, -0.2) is 0 Å². The summed E-state index contributed by atoms with van der Waals surface area (Å²) in [4.78, 5) is 0. The van der Waals surface area contributed by atoms with Gasteiger partial charge in [-0.05, 0) is 35.7 Å². The van der Waals surface area contributed by atoms with E-state index in [9.17, 15) is 0 Å². The number of fused-ring (bicyclic) bond motifs is 1. The van der Waals surface area contributed by atoms with E-state index in [0.717, 1.165) is 0 Å². The molecule has 0 N–H and O–H groups in total. The zero-order chi connectivity index (χ0) is 17.4. The Bertz CT molecular complexity index is 726. The lowest BCUT2D eigenvalue weighted by Gasteiger charge is -2.23. The normalized spacial score (nSPS) is 11.9. The van der Waals surface area contributed by atoms with Crippen molar-refractivity contribution < 1.29 is 4.74 Å². The predicted octanol–water partition coefficient (Wildman–Crippen LogP) is 6.77. The molecule has 3 aromatic carbocycles. The largest absolute Gasteiger partial charge is 0.366 e. The molecule has 0 spiro atoms. The second-order valence-corrected chi connectivity index (χ2v) is 6.25. The van der Waals surface area contributed by atoms with Crippen molar-refractivity contribution in [3.8, 4) is 0 Å². The molecule has 0 amide bonds. The zero-order valence-corrected chi connectivity index (χ0v) is 15.2. The molecule has 0 saturated carbocycles. The van der Waals surface area contributed by atoms with E-state index < -0.39 is 0 Å². The molecule has 1 unspecified atom stereocenters. The van der Waals surface area contributed by atoms with Crippen LogP contribution < -0.4 is 0 Å². The fraction of sp³-hybridized carbons (Fsp3) is 0.304. The topological polar surface area (TPSA) is 9.23 Å². The van der Waals surface area contributed by atoms with Gasteiger partial charge < -0.3 is 4.74 Å². The van der Waals surface area contributed by atoms with E-state index in [4.69, 9.17) is 4.74 Å². The first-order valence-electron chi connectivity index (χ1n) is 8.85. The van der Waals surface area contributed by atoms with Crippen molar-refractivity contribution >= 4 is 10.8 Å². The summed E-state index contributed by atoms with van der Waals surface area (Å²) in [5.74, 6) is 0. The monoisotopic (exact) mass is 320 g/mol. The van der Waals surface area contributed by atoms with Crippen LogP contribution in [0.5, 0.6) is 0 Å². The molecule has 0 fully saturated rings. The molecule has 0 heterocycles. The van der Waals surface area contributed by atoms with Crippen molar-refractivity contribution in [2.75, 3.05) is 0 Å². The van der Waals surface area contributed by atoms with Crippen molar-refractivity contribution in [1.29, 1.82) is 0 Å². The third-order valence-electron chi connectivity index (χ3n) is 3.62. The molecule has 0 aromatic heterocycles. The third kappa shape index (κ3) is 4.69. The molecule has 0 bridgehead atoms. The number of hydrogen-bond acceptors (Lipinski definition) is 1. The second kappa shape index (κ2) is 9.24. The van der Waals surface area contributed by atoms with Gasteiger partial charge in [0.25, 0.3) is 0 Å². The minimum Gasteiger partial charge on any atom is -0.366 e. The third-order valence-corrected chi connectivity index (χ3v) is 3.62. The zero-order valence-electron chi connectivity index (χ0n) is 15.2. The maximum Gasteiger partial charge on any atom is 0.108 e. The molecule has 0 aliphatic carbocycles. The quantitative estimate of drug-likeness (QED) is 0.515. The molecule has 1 atom stereocenters. The van der Waals surface area contributed by atoms with Gasteiger partial charge in [-0.3, -0.25) is 0 Å². The Balaban J connectivity index is 0.000000647. The lowest BCUT2D eigenvalue weighted by molar-refractivity contribution is 0.0312. The summed E-state index contributed by atoms with van der Waals surface area (Å²) in [5, 5.41) is 2.51. The second-order valence-electron chi connectivity index (χ2n) is 6.25. The van der Waals surface area contributed by atoms with Gasteiger partial charge in [0, 0.05) is 0 Å². The Hall–Kier alpha value is -2.12. The fourth-order valence-electron chi connectivity index (χ4n) is 2.71. The molecule has 0 radical (unpaired) electrons. The highest BCUT2D eigenvalue weighted by molar-refractivity contribution is 5.86. The van der Waals surface area contributed by atoms with E-state index in [2.05, 4.69) is 94.4 Å². The number of rotatable bonds is 4. The van der Waals surface area contributed by atoms with Gasteiger partial charge in [-0.2, -0.15) is 0 Å². The van der Waals surface area contributed by atoms with E-state index in [0.29, 0.717) is 0 Å². The molecule has 0 aliphatic rings. The van der Waals surface area contributed by atoms with Gasteiger partial charge in [0.2, 0.25) is 0 Å². The Morgan fingerprint density at radius 3 is 2.00 bits per heavy atom. The minimum atomic E-state index is -0.0303. The number of benzene rings is 3. The van der Waals surface area contributed by atoms with Crippen molar-refractivity contribution in [2.45, 2.75) is 46.3 Å². The highest BCUT2D eigenvalue weighted by atomic mass is 16.5. The lowest BCUT2D eigenvalue weighted by Crippen LogP contribution is -2.12. The molecule has 0 aliphatic heterocycles. The van der Waals surface area contributed by atoms with Crippen molar-refractivity contribution in [3.63, 3.8) is 0 Å². The Kier molecular flexibility index (Phi) is 7.02. The smallest absolute Gasteiger partial charge is 0.108 e. The maximum atomic E-state index is 6.23. The highest BCUT2D eigenvalue weighted by Crippen LogP contribution is 2.32. The predicted molar refractivity (Wildman–Crippen MR) is 104 cm³/mol. The van der Waals surface area contributed by atoms with E-state index in [1.165, 1.54) is 28.3 Å². The molecule has 1 nitrogen and oxygen atoms in total. The van der Waals surface area contributed by atoms with Crippen LogP contribution in [0.4, 0.5) is 0 Å². The number of ether oxygens (including phenoxy) is 1. The van der Waals surface area contributed by atoms with Gasteiger partial charge in [0.15, 0.2) is 0 Å². The summed E-state index contributed by atoms with van der Waals surface area (Å²) in [6.45, 7) is 8.42. The van der Waals surface area contributed by atoms with Gasteiger partial charge >= 0.3 is 0 Å². The number of hydrogen-bond donors (Lipinski definition) is 0. The van der Waals surface area contributed by atoms with Crippen LogP contribution in [-0.2, 0) is 4.74 Å². The Labute approximate surface area is 146 Å². The first-order chi connectivity index (χ1) is 11.7. The summed E-state index contributed by atoms with van der Waals surface area (Å²) < 4.78 is 6.23. The summed E-state index contributed by atoms with van der Waals surface area (Å²) >= 11 is 0. The summed E-state index contributed by atoms with van der Waals surface area (Å²) in [5.41, 5.74) is 2.43. The molecule has 126 valence electrons. The van der Waals surface area contributed by atoms with Gasteiger partial charge in [0.1, 0.15) is 6.10 Å². The first kappa shape index (κ1) is 18.2. The van der Waals surface area contributed by atoms with Crippen LogP contribution in [0.15, 0.2) is 72.8 Å². The maximum absolute atomic E-state index is 6.23. The average Bonchev–Trinajstić information content (AvgIpc) is 2.61. The summed E-state index contributed by atoms with van der Waals surface area (Å²) in [6.07, 6.45) is 1.39. The van der Waals surface area contributed by atoms with E-state index in [1.807, 2.05) is 6.07 Å². The fourth-order valence-corrected chi connectivity index (χ4v) is 2.71. The van der Waals surface area contributed by atoms with Crippen LogP contribution >= 0.6 is 0 Å². The molecular weight excluding hydrogens is 292 g/mol. The minimum absolute atomic E-state index is 0.0303. The van der Waals surface area contributed by atoms with Crippen LogP contribution in [0.1, 0.15) is 51.3 Å². The SMILES string of the molecule is CC(C)OC(c1ccccc1)c1cccc2ccccc12.CCC. The molecule has 3 rings (SSSR count). The molecule has 24 heavy (non-hydrogen) atoms. The van der Waals surface area contributed by atoms with Gasteiger partial charge in [-0.1, -0.05) is 93.1 Å². The molecule has 3 aromatic rings. The van der Waals surface area contributed by atoms with E-state index in [-0.39, 0.29) is 12.2 Å². The molecule has 1 heteroatoms. The van der Waals surface area contributed by atoms with Crippen LogP contribution in [0.25, 0.3) is 10.8 Å². The molecular formula is C23H28O. The van der Waals surface area contributed by atoms with Gasteiger partial charge in [-0.15, -0.1) is 0 Å². The van der Waals surface area contributed by atoms with Crippen molar-refractivity contribution in [1.82, 2.24) is 0 Å². The van der Waals surface area contributed by atoms with Crippen LogP contribution in [0.3, 0.4) is 0 Å². The summed E-state index contributed by atoms with van der Waals surface area (Å²) in [7, 11) is 0. The van der Waals surface area contributed by atoms with E-state index in [1.54, 1.807) is 0 Å². The van der Waals surface area contributed by atoms with Crippen molar-refractivity contribution in [3.05, 3.63) is 83.9 Å². The van der Waals surface area contributed by atoms with Crippen LogP contribution in [0.2, 0.25) is 0 Å². The standard InChI is InChI=1S/C20H20O.C3H8/c1-15(2)21-20(17-10-4-3-5-11-17)19-14-8-12-16-9-6-7-13-18(16)19;1-3-2/h3-15,20H,1-2H3;3H2,1-2H3. The van der Waals surface area contributed by atoms with Crippen LogP contribution in [0, 0.1) is 0 Å². The lowest BCUT2D eigenvalue weighted by atomic mass is 9.95. The van der Waals surface area contributed by atoms with Crippen molar-refractivity contribution in [2.24, 2.45) is 0 Å². The highest BCUT2D eigenvalue weighted by Gasteiger charge is 2.18. The first-order valence-corrected chi connectivity index (χ1v) is 8.85. The van der Waals surface area contributed by atoms with Gasteiger partial charge in [0.05, 0.1) is 6.10 Å². The Morgan fingerprint density at radius 1 is 0.750 bits per heavy atom. The van der Waals surface area contributed by atoms with Crippen LogP contribution in [-0.4, -0.2) is 6.10 Å². The summed E-state index contributed by atoms with van der Waals surface area (Å²) in [6, 6.07) is 25.4.